The van der Waals surface area contributed by atoms with E-state index in [9.17, 15) is 18.0 Å². The van der Waals surface area contributed by atoms with Crippen LogP contribution in [0.5, 0.6) is 17.2 Å². The third-order valence-electron chi connectivity index (χ3n) is 6.92. The van der Waals surface area contributed by atoms with Crippen LogP contribution in [0.4, 0.5) is 5.69 Å². The molecule has 1 N–H and O–H groups in total. The van der Waals surface area contributed by atoms with Crippen molar-refractivity contribution in [1.29, 1.82) is 0 Å². The van der Waals surface area contributed by atoms with Gasteiger partial charge in [0, 0.05) is 18.2 Å². The zero-order chi connectivity index (χ0) is 32.7. The Morgan fingerprint density at radius 1 is 0.886 bits per heavy atom. The highest BCUT2D eigenvalue weighted by atomic mass is 32.2. The lowest BCUT2D eigenvalue weighted by Gasteiger charge is -2.35. The molecule has 10 nitrogen and oxygen atoms in total. The fraction of sp³-hybridized carbons (Fsp3) is 0.394. The summed E-state index contributed by atoms with van der Waals surface area (Å²) in [5.74, 6) is 0.312. The number of sulfonamides is 1. The van der Waals surface area contributed by atoms with E-state index in [1.807, 2.05) is 40.7 Å². The number of rotatable bonds is 13. The van der Waals surface area contributed by atoms with Gasteiger partial charge in [-0.2, -0.15) is 0 Å². The molecular weight excluding hydrogens is 582 g/mol. The predicted molar refractivity (Wildman–Crippen MR) is 171 cm³/mol. The molecular formula is C33H43N3O7S. The molecule has 0 radical (unpaired) electrons. The van der Waals surface area contributed by atoms with Gasteiger partial charge in [0.05, 0.1) is 31.9 Å². The van der Waals surface area contributed by atoms with Gasteiger partial charge in [0.2, 0.25) is 11.8 Å². The summed E-state index contributed by atoms with van der Waals surface area (Å²) in [5, 5.41) is 2.97. The summed E-state index contributed by atoms with van der Waals surface area (Å²) in [6.07, 6.45) is 0.310. The van der Waals surface area contributed by atoms with Crippen LogP contribution in [-0.4, -0.2) is 64.6 Å². The first-order chi connectivity index (χ1) is 20.7. The summed E-state index contributed by atoms with van der Waals surface area (Å²) in [4.78, 5) is 29.1. The summed E-state index contributed by atoms with van der Waals surface area (Å²) in [6, 6.07) is 17.4. The van der Waals surface area contributed by atoms with Gasteiger partial charge in [-0.1, -0.05) is 36.8 Å². The number of nitrogens with one attached hydrogen (secondary N) is 1. The molecule has 0 aliphatic carbocycles. The topological polar surface area (TPSA) is 114 Å². The second kappa shape index (κ2) is 14.5. The number of hydrogen-bond donors (Lipinski definition) is 1. The third-order valence-corrected chi connectivity index (χ3v) is 8.68. The Hall–Kier alpha value is -4.25. The molecule has 0 bridgehead atoms. The number of carbonyl (C=O) groups excluding carboxylic acids is 2. The summed E-state index contributed by atoms with van der Waals surface area (Å²) in [6.45, 7) is 8.80. The van der Waals surface area contributed by atoms with Crippen LogP contribution in [0, 0.1) is 6.92 Å². The predicted octanol–water partition coefficient (Wildman–Crippen LogP) is 4.94. The number of aryl methyl sites for hydroxylation is 1. The Kier molecular flexibility index (Phi) is 11.3. The molecule has 0 spiro atoms. The van der Waals surface area contributed by atoms with Crippen molar-refractivity contribution < 1.29 is 32.2 Å². The van der Waals surface area contributed by atoms with E-state index in [1.54, 1.807) is 49.6 Å². The van der Waals surface area contributed by atoms with Gasteiger partial charge in [0.25, 0.3) is 10.0 Å². The first kappa shape index (κ1) is 34.2. The van der Waals surface area contributed by atoms with E-state index in [1.165, 1.54) is 37.3 Å². The molecule has 0 aromatic heterocycles. The molecule has 2 amide bonds. The molecule has 1 unspecified atom stereocenters. The number of amides is 2. The first-order valence-electron chi connectivity index (χ1n) is 14.3. The van der Waals surface area contributed by atoms with Crippen molar-refractivity contribution in [2.45, 2.75) is 64.1 Å². The monoisotopic (exact) mass is 625 g/mol. The van der Waals surface area contributed by atoms with Crippen molar-refractivity contribution in [3.63, 3.8) is 0 Å². The molecule has 0 saturated carbocycles. The number of ether oxygens (including phenoxy) is 3. The molecule has 0 fully saturated rings. The highest BCUT2D eigenvalue weighted by molar-refractivity contribution is 7.92. The second-order valence-electron chi connectivity index (χ2n) is 11.4. The minimum absolute atomic E-state index is 0.0598. The molecule has 0 heterocycles. The SMILES string of the molecule is CCC(C(=O)NC(C)(C)C)N(Cc1cccc(OC)c1)C(=O)CN(c1ccc(C)cc1)S(=O)(=O)c1ccc(OC)c(OC)c1. The van der Waals surface area contributed by atoms with E-state index in [2.05, 4.69) is 5.32 Å². The molecule has 3 aromatic rings. The van der Waals surface area contributed by atoms with Gasteiger partial charge in [0.15, 0.2) is 11.5 Å². The fourth-order valence-electron chi connectivity index (χ4n) is 4.68. The lowest BCUT2D eigenvalue weighted by Crippen LogP contribution is -2.55. The van der Waals surface area contributed by atoms with E-state index >= 15 is 0 Å². The lowest BCUT2D eigenvalue weighted by molar-refractivity contribution is -0.141. The second-order valence-corrected chi connectivity index (χ2v) is 13.3. The maximum absolute atomic E-state index is 14.3. The minimum Gasteiger partial charge on any atom is -0.497 e. The molecule has 0 aliphatic rings. The maximum Gasteiger partial charge on any atom is 0.264 e. The van der Waals surface area contributed by atoms with E-state index in [0.29, 0.717) is 23.6 Å². The van der Waals surface area contributed by atoms with Crippen molar-refractivity contribution >= 4 is 27.5 Å². The van der Waals surface area contributed by atoms with Crippen LogP contribution in [0.1, 0.15) is 45.2 Å². The largest absolute Gasteiger partial charge is 0.497 e. The van der Waals surface area contributed by atoms with Crippen molar-refractivity contribution in [2.75, 3.05) is 32.2 Å². The zero-order valence-corrected chi connectivity index (χ0v) is 27.5. The Bertz CT molecular complexity index is 1550. The number of carbonyl (C=O) groups is 2. The molecule has 11 heteroatoms. The van der Waals surface area contributed by atoms with E-state index in [4.69, 9.17) is 14.2 Å². The Labute approximate surface area is 261 Å². The molecule has 0 saturated heterocycles. The number of nitrogens with zero attached hydrogens (tertiary/aromatic N) is 2. The summed E-state index contributed by atoms with van der Waals surface area (Å²) in [5.41, 5.74) is 1.41. The van der Waals surface area contributed by atoms with Gasteiger partial charge in [-0.25, -0.2) is 8.42 Å². The van der Waals surface area contributed by atoms with Crippen molar-refractivity contribution in [3.05, 3.63) is 77.9 Å². The van der Waals surface area contributed by atoms with Gasteiger partial charge in [-0.05, 0) is 76.1 Å². The first-order valence-corrected chi connectivity index (χ1v) is 15.7. The summed E-state index contributed by atoms with van der Waals surface area (Å²) < 4.78 is 45.5. The Balaban J connectivity index is 2.12. The average molecular weight is 626 g/mol. The number of methoxy groups -OCH3 is 3. The minimum atomic E-state index is -4.29. The van der Waals surface area contributed by atoms with Crippen LogP contribution >= 0.6 is 0 Å². The molecule has 1 atom stereocenters. The van der Waals surface area contributed by atoms with Crippen LogP contribution in [0.25, 0.3) is 0 Å². The molecule has 0 aliphatic heterocycles. The Morgan fingerprint density at radius 2 is 1.55 bits per heavy atom. The van der Waals surface area contributed by atoms with Gasteiger partial charge in [-0.3, -0.25) is 13.9 Å². The maximum atomic E-state index is 14.3. The standard InChI is InChI=1S/C33H43N3O7S/c1-9-28(32(38)34-33(3,4)5)35(21-24-11-10-12-26(19-24)41-6)31(37)22-36(25-15-13-23(2)14-16-25)44(39,40)27-17-18-29(42-7)30(20-27)43-8/h10-20,28H,9,21-22H2,1-8H3,(H,34,38). The quantitative estimate of drug-likeness (QED) is 0.286. The van der Waals surface area contributed by atoms with Crippen molar-refractivity contribution in [2.24, 2.45) is 0 Å². The average Bonchev–Trinajstić information content (AvgIpc) is 2.98. The highest BCUT2D eigenvalue weighted by Crippen LogP contribution is 2.32. The smallest absolute Gasteiger partial charge is 0.264 e. The number of anilines is 1. The van der Waals surface area contributed by atoms with Gasteiger partial charge in [-0.15, -0.1) is 0 Å². The van der Waals surface area contributed by atoms with Crippen LogP contribution in [0.3, 0.4) is 0 Å². The van der Waals surface area contributed by atoms with Crippen LogP contribution in [0.2, 0.25) is 0 Å². The summed E-state index contributed by atoms with van der Waals surface area (Å²) >= 11 is 0. The fourth-order valence-corrected chi connectivity index (χ4v) is 6.11. The lowest BCUT2D eigenvalue weighted by atomic mass is 10.1. The van der Waals surface area contributed by atoms with E-state index < -0.39 is 34.1 Å². The van der Waals surface area contributed by atoms with Crippen LogP contribution in [-0.2, 0) is 26.2 Å². The molecule has 238 valence electrons. The van der Waals surface area contributed by atoms with Crippen molar-refractivity contribution in [1.82, 2.24) is 10.2 Å². The van der Waals surface area contributed by atoms with Gasteiger partial charge < -0.3 is 24.4 Å². The Morgan fingerprint density at radius 3 is 2.11 bits per heavy atom. The van der Waals surface area contributed by atoms with Gasteiger partial charge in [0.1, 0.15) is 18.3 Å². The molecule has 3 rings (SSSR count). The van der Waals surface area contributed by atoms with E-state index in [-0.39, 0.29) is 23.1 Å². The molecule has 3 aromatic carbocycles. The summed E-state index contributed by atoms with van der Waals surface area (Å²) in [7, 11) is 0.134. The van der Waals surface area contributed by atoms with Crippen LogP contribution in [0.15, 0.2) is 71.6 Å². The van der Waals surface area contributed by atoms with Crippen LogP contribution < -0.4 is 23.8 Å². The molecule has 44 heavy (non-hydrogen) atoms. The van der Waals surface area contributed by atoms with Crippen molar-refractivity contribution in [3.8, 4) is 17.2 Å². The number of hydrogen-bond acceptors (Lipinski definition) is 7. The highest BCUT2D eigenvalue weighted by Gasteiger charge is 2.35. The number of benzene rings is 3. The normalized spacial score (nSPS) is 12.2. The van der Waals surface area contributed by atoms with Gasteiger partial charge >= 0.3 is 0 Å². The van der Waals surface area contributed by atoms with E-state index in [0.717, 1.165) is 15.4 Å². The third kappa shape index (κ3) is 8.43. The zero-order valence-electron chi connectivity index (χ0n) is 26.7.